The number of carboxylic acids is 2. The van der Waals surface area contributed by atoms with E-state index in [-0.39, 0.29) is 31.7 Å². The lowest BCUT2D eigenvalue weighted by Crippen LogP contribution is -2.51. The Balaban J connectivity index is 1.94. The Hall–Kier alpha value is -3.43. The van der Waals surface area contributed by atoms with Crippen LogP contribution in [0.1, 0.15) is 24.0 Å². The van der Waals surface area contributed by atoms with Gasteiger partial charge in [0, 0.05) is 12.8 Å². The van der Waals surface area contributed by atoms with Gasteiger partial charge in [-0.3, -0.25) is 14.9 Å². The summed E-state index contributed by atoms with van der Waals surface area (Å²) in [7, 11) is 0. The van der Waals surface area contributed by atoms with Crippen molar-refractivity contribution in [3.63, 3.8) is 0 Å². The minimum atomic E-state index is -1.22. The monoisotopic (exact) mass is 430 g/mol. The van der Waals surface area contributed by atoms with Gasteiger partial charge in [0.25, 0.3) is 0 Å². The summed E-state index contributed by atoms with van der Waals surface area (Å²) in [6.07, 6.45) is -0.279. The van der Waals surface area contributed by atoms with Crippen molar-refractivity contribution >= 4 is 17.8 Å². The topological polar surface area (TPSA) is 145 Å². The molecule has 0 bridgehead atoms. The van der Waals surface area contributed by atoms with E-state index in [0.29, 0.717) is 12.2 Å². The first-order chi connectivity index (χ1) is 14.8. The summed E-state index contributed by atoms with van der Waals surface area (Å²) in [5, 5.41) is 33.1. The van der Waals surface area contributed by atoms with Gasteiger partial charge in [0.1, 0.15) is 11.8 Å². The highest BCUT2D eigenvalue weighted by atomic mass is 16.5. The lowest BCUT2D eigenvalue weighted by Gasteiger charge is -2.21. The highest BCUT2D eigenvalue weighted by Crippen LogP contribution is 2.12. The van der Waals surface area contributed by atoms with Crippen LogP contribution >= 0.6 is 0 Å². The van der Waals surface area contributed by atoms with Gasteiger partial charge in [-0.25, -0.2) is 4.79 Å². The number of aromatic hydroxyl groups is 1. The number of benzene rings is 2. The molecule has 9 heteroatoms. The standard InChI is InChI=1S/C22H26N2O7/c25-17-8-6-15(7-9-17)12-19(22(29)30)24-21(28)18(10-11-20(26)27)23-14-31-13-16-4-2-1-3-5-16/h1-9,18-19,23,25H,10-14H2,(H,24,28)(H,26,27)(H,29,30)/t18?,19-/m0/s1. The van der Waals surface area contributed by atoms with Crippen molar-refractivity contribution in [1.29, 1.82) is 0 Å². The number of phenolic OH excluding ortho intramolecular Hbond substituents is 1. The zero-order valence-electron chi connectivity index (χ0n) is 16.9. The second-order valence-corrected chi connectivity index (χ2v) is 6.94. The van der Waals surface area contributed by atoms with Crippen molar-refractivity contribution in [2.75, 3.05) is 6.73 Å². The van der Waals surface area contributed by atoms with Crippen molar-refractivity contribution in [1.82, 2.24) is 10.6 Å². The third-order valence-electron chi connectivity index (χ3n) is 4.50. The van der Waals surface area contributed by atoms with Crippen LogP contribution in [0.5, 0.6) is 5.75 Å². The van der Waals surface area contributed by atoms with E-state index in [4.69, 9.17) is 9.84 Å². The van der Waals surface area contributed by atoms with Gasteiger partial charge in [-0.2, -0.15) is 0 Å². The molecule has 31 heavy (non-hydrogen) atoms. The molecule has 0 spiro atoms. The van der Waals surface area contributed by atoms with E-state index in [0.717, 1.165) is 5.56 Å². The molecule has 0 aliphatic heterocycles. The first-order valence-electron chi connectivity index (χ1n) is 9.73. The number of carboxylic acid groups (broad SMARTS) is 2. The summed E-state index contributed by atoms with van der Waals surface area (Å²) in [5.74, 6) is -2.87. The summed E-state index contributed by atoms with van der Waals surface area (Å²) < 4.78 is 5.49. The molecule has 9 nitrogen and oxygen atoms in total. The van der Waals surface area contributed by atoms with E-state index >= 15 is 0 Å². The van der Waals surface area contributed by atoms with E-state index in [1.807, 2.05) is 30.3 Å². The Morgan fingerprint density at radius 3 is 2.19 bits per heavy atom. The highest BCUT2D eigenvalue weighted by Gasteiger charge is 2.26. The molecular weight excluding hydrogens is 404 g/mol. The molecule has 0 saturated carbocycles. The number of hydrogen-bond acceptors (Lipinski definition) is 6. The summed E-state index contributed by atoms with van der Waals surface area (Å²) in [6.45, 7) is 0.294. The van der Waals surface area contributed by atoms with Crippen molar-refractivity contribution in [2.45, 2.75) is 38.0 Å². The number of ether oxygens (including phenoxy) is 1. The van der Waals surface area contributed by atoms with E-state index in [1.54, 1.807) is 12.1 Å². The Morgan fingerprint density at radius 1 is 0.903 bits per heavy atom. The van der Waals surface area contributed by atoms with Gasteiger partial charge in [0.05, 0.1) is 19.4 Å². The average Bonchev–Trinajstić information content (AvgIpc) is 2.74. The maximum Gasteiger partial charge on any atom is 0.326 e. The molecule has 166 valence electrons. The molecule has 1 unspecified atom stereocenters. The second kappa shape index (κ2) is 12.3. The summed E-state index contributed by atoms with van der Waals surface area (Å²) in [4.78, 5) is 35.2. The maximum absolute atomic E-state index is 12.7. The molecule has 2 rings (SSSR count). The molecule has 5 N–H and O–H groups in total. The molecule has 0 radical (unpaired) electrons. The van der Waals surface area contributed by atoms with E-state index in [2.05, 4.69) is 10.6 Å². The van der Waals surface area contributed by atoms with Crippen molar-refractivity contribution < 1.29 is 34.4 Å². The molecule has 0 fully saturated rings. The van der Waals surface area contributed by atoms with Crippen LogP contribution in [-0.2, 0) is 32.1 Å². The minimum absolute atomic E-state index is 0.0114. The number of hydrogen-bond donors (Lipinski definition) is 5. The maximum atomic E-state index is 12.7. The molecule has 0 aliphatic carbocycles. The highest BCUT2D eigenvalue weighted by molar-refractivity contribution is 5.87. The van der Waals surface area contributed by atoms with E-state index < -0.39 is 29.9 Å². The fourth-order valence-electron chi connectivity index (χ4n) is 2.84. The molecule has 2 aromatic carbocycles. The van der Waals surface area contributed by atoms with Crippen molar-refractivity contribution in [3.05, 3.63) is 65.7 Å². The van der Waals surface area contributed by atoms with Crippen LogP contribution in [0, 0.1) is 0 Å². The predicted molar refractivity (Wildman–Crippen MR) is 111 cm³/mol. The molecule has 0 heterocycles. The Kier molecular flexibility index (Phi) is 9.47. The van der Waals surface area contributed by atoms with Gasteiger partial charge in [-0.1, -0.05) is 42.5 Å². The third kappa shape index (κ3) is 8.85. The lowest BCUT2D eigenvalue weighted by atomic mass is 10.0. The number of rotatable bonds is 13. The SMILES string of the molecule is O=C(O)CCC(NCOCc1ccccc1)C(=O)N[C@@H](Cc1ccc(O)cc1)C(=O)O. The molecule has 0 aliphatic rings. The first-order valence-corrected chi connectivity index (χ1v) is 9.73. The second-order valence-electron chi connectivity index (χ2n) is 6.94. The zero-order chi connectivity index (χ0) is 22.6. The molecule has 1 amide bonds. The van der Waals surface area contributed by atoms with Crippen LogP contribution in [-0.4, -0.2) is 52.0 Å². The number of nitrogens with one attached hydrogen (secondary N) is 2. The first kappa shape index (κ1) is 23.8. The van der Waals surface area contributed by atoms with Crippen LogP contribution < -0.4 is 10.6 Å². The number of phenols is 1. The van der Waals surface area contributed by atoms with Crippen LogP contribution in [0.25, 0.3) is 0 Å². The minimum Gasteiger partial charge on any atom is -0.508 e. The third-order valence-corrected chi connectivity index (χ3v) is 4.50. The Morgan fingerprint density at radius 2 is 1.58 bits per heavy atom. The fraction of sp³-hybridized carbons (Fsp3) is 0.318. The van der Waals surface area contributed by atoms with Gasteiger partial charge >= 0.3 is 11.9 Å². The summed E-state index contributed by atoms with van der Waals surface area (Å²) >= 11 is 0. The zero-order valence-corrected chi connectivity index (χ0v) is 16.9. The van der Waals surface area contributed by atoms with Gasteiger partial charge in [0.2, 0.25) is 5.91 Å². The van der Waals surface area contributed by atoms with Crippen molar-refractivity contribution in [2.24, 2.45) is 0 Å². The quantitative estimate of drug-likeness (QED) is 0.237. The Bertz CT molecular complexity index is 856. The average molecular weight is 430 g/mol. The van der Waals surface area contributed by atoms with E-state index in [9.17, 15) is 24.6 Å². The van der Waals surface area contributed by atoms with Gasteiger partial charge in [-0.15, -0.1) is 0 Å². The van der Waals surface area contributed by atoms with Gasteiger partial charge < -0.3 is 25.4 Å². The van der Waals surface area contributed by atoms with Crippen LogP contribution in [0.3, 0.4) is 0 Å². The number of aliphatic carboxylic acids is 2. The van der Waals surface area contributed by atoms with Crippen LogP contribution in [0.15, 0.2) is 54.6 Å². The predicted octanol–water partition coefficient (Wildman–Crippen LogP) is 1.50. The smallest absolute Gasteiger partial charge is 0.326 e. The Labute approximate surface area is 179 Å². The van der Waals surface area contributed by atoms with Gasteiger partial charge in [0.15, 0.2) is 0 Å². The van der Waals surface area contributed by atoms with Crippen molar-refractivity contribution in [3.8, 4) is 5.75 Å². The fourth-order valence-corrected chi connectivity index (χ4v) is 2.84. The summed E-state index contributed by atoms with van der Waals surface area (Å²) in [5.41, 5.74) is 1.56. The van der Waals surface area contributed by atoms with Crippen LogP contribution in [0.4, 0.5) is 0 Å². The van der Waals surface area contributed by atoms with Gasteiger partial charge in [-0.05, 0) is 29.7 Å². The molecule has 0 aromatic heterocycles. The normalized spacial score (nSPS) is 12.6. The molecule has 2 atom stereocenters. The molecular formula is C22H26N2O7. The summed E-state index contributed by atoms with van der Waals surface area (Å²) in [6, 6.07) is 13.2. The molecule has 2 aromatic rings. The number of carbonyl (C=O) groups is 3. The van der Waals surface area contributed by atoms with Crippen LogP contribution in [0.2, 0.25) is 0 Å². The van der Waals surface area contributed by atoms with E-state index in [1.165, 1.54) is 12.1 Å². The largest absolute Gasteiger partial charge is 0.508 e. The lowest BCUT2D eigenvalue weighted by molar-refractivity contribution is -0.142. The number of carbonyl (C=O) groups excluding carboxylic acids is 1. The molecule has 0 saturated heterocycles. The number of amides is 1.